The molecule has 7 nitrogen and oxygen atoms in total. The van der Waals surface area contributed by atoms with Gasteiger partial charge in [0.15, 0.2) is 0 Å². The fourth-order valence-electron chi connectivity index (χ4n) is 1.74. The predicted molar refractivity (Wildman–Crippen MR) is 54.4 cm³/mol. The van der Waals surface area contributed by atoms with Crippen molar-refractivity contribution in [1.29, 1.82) is 0 Å². The van der Waals surface area contributed by atoms with Gasteiger partial charge < -0.3 is 25.4 Å². The van der Waals surface area contributed by atoms with Crippen LogP contribution in [0.15, 0.2) is 0 Å². The molecule has 0 radical (unpaired) electrons. The van der Waals surface area contributed by atoms with E-state index in [-0.39, 0.29) is 12.5 Å². The maximum absolute atomic E-state index is 10.9. The molecular weight excluding hydrogens is 216 g/mol. The van der Waals surface area contributed by atoms with Crippen molar-refractivity contribution >= 4 is 5.91 Å². The van der Waals surface area contributed by atoms with Gasteiger partial charge in [0.25, 0.3) is 0 Å². The normalized spacial score (nSPS) is 40.2. The zero-order valence-corrected chi connectivity index (χ0v) is 9.25. The van der Waals surface area contributed by atoms with E-state index < -0.39 is 30.6 Å². The highest BCUT2D eigenvalue weighted by Gasteiger charge is 2.40. The van der Waals surface area contributed by atoms with Gasteiger partial charge in [0.1, 0.15) is 18.4 Å². The summed E-state index contributed by atoms with van der Waals surface area (Å²) < 4.78 is 4.91. The maximum Gasteiger partial charge on any atom is 0.217 e. The molecule has 0 aromatic rings. The van der Waals surface area contributed by atoms with Crippen molar-refractivity contribution in [3.63, 3.8) is 0 Å². The number of hydrogen-bond acceptors (Lipinski definition) is 6. The Labute approximate surface area is 93.4 Å². The average Bonchev–Trinajstić information content (AvgIpc) is 2.32. The van der Waals surface area contributed by atoms with Crippen molar-refractivity contribution in [3.05, 3.63) is 0 Å². The molecule has 0 aromatic carbocycles. The van der Waals surface area contributed by atoms with Gasteiger partial charge in [0, 0.05) is 20.6 Å². The second-order valence-electron chi connectivity index (χ2n) is 3.84. The first-order valence-electron chi connectivity index (χ1n) is 5.05. The van der Waals surface area contributed by atoms with Gasteiger partial charge in [-0.05, 0) is 0 Å². The lowest BCUT2D eigenvalue weighted by Crippen LogP contribution is -2.55. The Hall–Kier alpha value is -0.730. The molecule has 5 atom stereocenters. The zero-order chi connectivity index (χ0) is 12.3. The molecule has 0 spiro atoms. The van der Waals surface area contributed by atoms with E-state index >= 15 is 0 Å². The van der Waals surface area contributed by atoms with Crippen LogP contribution < -0.4 is 10.6 Å². The number of carbonyl (C=O) groups is 1. The molecule has 0 aromatic heterocycles. The lowest BCUT2D eigenvalue weighted by molar-refractivity contribution is -0.124. The van der Waals surface area contributed by atoms with E-state index in [0.717, 1.165) is 0 Å². The van der Waals surface area contributed by atoms with Crippen LogP contribution >= 0.6 is 0 Å². The number of rotatable bonds is 2. The number of β-amino-alcohol motifs (C(OH)–C–C–N with tert-alkyl or cyclic N) is 1. The summed E-state index contributed by atoms with van der Waals surface area (Å²) in [6.07, 6.45) is -4.28. The van der Waals surface area contributed by atoms with Gasteiger partial charge in [-0.25, -0.2) is 0 Å². The third-order valence-electron chi connectivity index (χ3n) is 2.59. The number of nitrogens with one attached hydrogen (secondary N) is 2. The summed E-state index contributed by atoms with van der Waals surface area (Å²) in [4.78, 5) is 10.9. The van der Waals surface area contributed by atoms with Crippen molar-refractivity contribution in [1.82, 2.24) is 10.6 Å². The monoisotopic (exact) mass is 234 g/mol. The second-order valence-corrected chi connectivity index (χ2v) is 3.84. The lowest BCUT2D eigenvalue weighted by Gasteiger charge is -2.28. The molecule has 7 heteroatoms. The van der Waals surface area contributed by atoms with Gasteiger partial charge >= 0.3 is 0 Å². The molecule has 0 aliphatic carbocycles. The number of carbonyl (C=O) groups excluding carboxylic acids is 1. The summed E-state index contributed by atoms with van der Waals surface area (Å²) in [5.74, 6) is -0.383. The molecule has 16 heavy (non-hydrogen) atoms. The van der Waals surface area contributed by atoms with Gasteiger partial charge in [0.05, 0.1) is 12.1 Å². The molecule has 0 bridgehead atoms. The number of ether oxygens (including phenoxy) is 1. The molecule has 1 aliphatic heterocycles. The molecule has 1 amide bonds. The predicted octanol–water partition coefficient (Wildman–Crippen LogP) is -2.85. The first kappa shape index (κ1) is 13.3. The summed E-state index contributed by atoms with van der Waals surface area (Å²) in [5.41, 5.74) is 0. The van der Waals surface area contributed by atoms with Crippen LogP contribution in [0.3, 0.4) is 0 Å². The first-order valence-corrected chi connectivity index (χ1v) is 5.05. The summed E-state index contributed by atoms with van der Waals surface area (Å²) in [6.45, 7) is 1.38. The number of methoxy groups -OCH3 is 1. The van der Waals surface area contributed by atoms with Crippen molar-refractivity contribution in [2.75, 3.05) is 13.7 Å². The lowest BCUT2D eigenvalue weighted by atomic mass is 10.0. The third-order valence-corrected chi connectivity index (χ3v) is 2.59. The number of amides is 1. The molecule has 5 N–H and O–H groups in total. The zero-order valence-electron chi connectivity index (χ0n) is 9.25. The summed E-state index contributed by atoms with van der Waals surface area (Å²) >= 11 is 0. The fraction of sp³-hybridized carbons (Fsp3) is 0.889. The van der Waals surface area contributed by atoms with Gasteiger partial charge in [-0.3, -0.25) is 10.1 Å². The molecule has 1 heterocycles. The third kappa shape index (κ3) is 2.89. The Morgan fingerprint density at radius 3 is 2.50 bits per heavy atom. The smallest absolute Gasteiger partial charge is 0.217 e. The largest absolute Gasteiger partial charge is 0.390 e. The van der Waals surface area contributed by atoms with E-state index in [1.165, 1.54) is 14.0 Å². The minimum atomic E-state index is -1.29. The van der Waals surface area contributed by atoms with Crippen molar-refractivity contribution < 1.29 is 24.9 Å². The van der Waals surface area contributed by atoms with E-state index in [1.54, 1.807) is 0 Å². The standard InChI is InChI=1S/C9H18N2O5/c1-4(12)11-6-5(13)3-10-9(16-2)8(15)7(6)14/h5-10,13-15H,3H2,1-2H3,(H,11,12)/t5-,6+,7+,8-,9+/m0/s1. The Morgan fingerprint density at radius 1 is 1.38 bits per heavy atom. The SMILES string of the molecule is CO[C@H]1NC[C@H](O)[C@@H](NC(C)=O)[C@@H](O)[C@@H]1O. The Balaban J connectivity index is 2.78. The van der Waals surface area contributed by atoms with Crippen molar-refractivity contribution in [2.24, 2.45) is 0 Å². The quantitative estimate of drug-likeness (QED) is 0.352. The van der Waals surface area contributed by atoms with E-state index in [4.69, 9.17) is 4.74 Å². The van der Waals surface area contributed by atoms with Gasteiger partial charge in [-0.1, -0.05) is 0 Å². The van der Waals surface area contributed by atoms with Gasteiger partial charge in [-0.2, -0.15) is 0 Å². The van der Waals surface area contributed by atoms with Gasteiger partial charge in [-0.15, -0.1) is 0 Å². The highest BCUT2D eigenvalue weighted by molar-refractivity contribution is 5.73. The number of aliphatic hydroxyl groups is 3. The Morgan fingerprint density at radius 2 is 2.00 bits per heavy atom. The highest BCUT2D eigenvalue weighted by Crippen LogP contribution is 2.13. The van der Waals surface area contributed by atoms with Crippen LogP contribution in [-0.2, 0) is 9.53 Å². The van der Waals surface area contributed by atoms with Crippen LogP contribution in [0.1, 0.15) is 6.92 Å². The van der Waals surface area contributed by atoms with Crippen LogP contribution in [0, 0.1) is 0 Å². The fourth-order valence-corrected chi connectivity index (χ4v) is 1.74. The molecule has 1 aliphatic rings. The molecule has 1 rings (SSSR count). The first-order chi connectivity index (χ1) is 7.47. The topological polar surface area (TPSA) is 111 Å². The molecule has 0 saturated carbocycles. The number of hydrogen-bond donors (Lipinski definition) is 5. The van der Waals surface area contributed by atoms with Crippen LogP contribution in [0.5, 0.6) is 0 Å². The molecular formula is C9H18N2O5. The minimum absolute atomic E-state index is 0.109. The van der Waals surface area contributed by atoms with Crippen LogP contribution in [0.2, 0.25) is 0 Å². The minimum Gasteiger partial charge on any atom is -0.390 e. The molecule has 94 valence electrons. The van der Waals surface area contributed by atoms with Gasteiger partial charge in [0.2, 0.25) is 5.91 Å². The summed E-state index contributed by atoms with van der Waals surface area (Å²) in [5, 5.41) is 34.3. The summed E-state index contributed by atoms with van der Waals surface area (Å²) in [6, 6.07) is -0.917. The van der Waals surface area contributed by atoms with E-state index in [2.05, 4.69) is 10.6 Å². The molecule has 1 fully saturated rings. The van der Waals surface area contributed by atoms with Crippen molar-refractivity contribution in [3.8, 4) is 0 Å². The van der Waals surface area contributed by atoms with E-state index in [9.17, 15) is 20.1 Å². The number of aliphatic hydroxyl groups excluding tert-OH is 3. The highest BCUT2D eigenvalue weighted by atomic mass is 16.5. The Bertz CT molecular complexity index is 250. The maximum atomic E-state index is 10.9. The second kappa shape index (κ2) is 5.55. The Kier molecular flexibility index (Phi) is 4.63. The van der Waals surface area contributed by atoms with Crippen molar-refractivity contribution in [2.45, 2.75) is 37.5 Å². The summed E-state index contributed by atoms with van der Waals surface area (Å²) in [7, 11) is 1.37. The average molecular weight is 234 g/mol. The molecule has 1 saturated heterocycles. The van der Waals surface area contributed by atoms with Crippen LogP contribution in [0.4, 0.5) is 0 Å². The van der Waals surface area contributed by atoms with E-state index in [1.807, 2.05) is 0 Å². The molecule has 0 unspecified atom stereocenters. The van der Waals surface area contributed by atoms with Crippen LogP contribution in [0.25, 0.3) is 0 Å². The van der Waals surface area contributed by atoms with Crippen LogP contribution in [-0.4, -0.2) is 65.5 Å². The van der Waals surface area contributed by atoms with E-state index in [0.29, 0.717) is 0 Å².